The third kappa shape index (κ3) is 5.49. The number of alkyl halides is 3. The Balaban J connectivity index is 1.99. The van der Waals surface area contributed by atoms with E-state index in [0.29, 0.717) is 5.88 Å². The fraction of sp³-hybridized carbons (Fsp3) is 0.176. The number of hydrogen-bond acceptors (Lipinski definition) is 3. The maximum Gasteiger partial charge on any atom is 0.416 e. The van der Waals surface area contributed by atoms with Gasteiger partial charge in [-0.25, -0.2) is 4.98 Å². The SMILES string of the molecule is COc1ccc(CNC(=O)/C=C/c2cc(C(F)(F)F)ccc2Cl)cn1. The standard InChI is InChI=1S/C17H14ClF3N2O2/c1-25-16-7-2-11(10-23-16)9-22-15(24)6-3-12-8-13(17(19,20)21)4-5-14(12)18/h2-8,10H,9H2,1H3,(H,22,24)/b6-3+. The highest BCUT2D eigenvalue weighted by Crippen LogP contribution is 2.32. The van der Waals surface area contributed by atoms with E-state index in [0.717, 1.165) is 29.8 Å². The zero-order chi connectivity index (χ0) is 18.4. The van der Waals surface area contributed by atoms with Crippen molar-refractivity contribution in [2.45, 2.75) is 12.7 Å². The number of nitrogens with one attached hydrogen (secondary N) is 1. The van der Waals surface area contributed by atoms with Crippen LogP contribution in [0.5, 0.6) is 5.88 Å². The molecule has 1 aromatic heterocycles. The van der Waals surface area contributed by atoms with Crippen LogP contribution in [0.3, 0.4) is 0 Å². The molecule has 2 aromatic rings. The van der Waals surface area contributed by atoms with Crippen LogP contribution in [0, 0.1) is 0 Å². The van der Waals surface area contributed by atoms with E-state index < -0.39 is 17.6 Å². The highest BCUT2D eigenvalue weighted by molar-refractivity contribution is 6.32. The molecule has 0 bridgehead atoms. The van der Waals surface area contributed by atoms with Crippen molar-refractivity contribution in [1.82, 2.24) is 10.3 Å². The number of hydrogen-bond donors (Lipinski definition) is 1. The van der Waals surface area contributed by atoms with Crippen LogP contribution < -0.4 is 10.1 Å². The second-order valence-corrected chi connectivity index (χ2v) is 5.40. The van der Waals surface area contributed by atoms with Crippen molar-refractivity contribution in [3.63, 3.8) is 0 Å². The van der Waals surface area contributed by atoms with Gasteiger partial charge in [-0.2, -0.15) is 13.2 Å². The largest absolute Gasteiger partial charge is 0.481 e. The summed E-state index contributed by atoms with van der Waals surface area (Å²) in [6.07, 6.45) is -0.569. The van der Waals surface area contributed by atoms with Crippen LogP contribution in [0.1, 0.15) is 16.7 Å². The number of pyridine rings is 1. The van der Waals surface area contributed by atoms with Crippen molar-refractivity contribution in [2.75, 3.05) is 7.11 Å². The zero-order valence-corrected chi connectivity index (χ0v) is 13.9. The van der Waals surface area contributed by atoms with Gasteiger partial charge in [0.15, 0.2) is 0 Å². The first-order valence-corrected chi connectivity index (χ1v) is 7.49. The summed E-state index contributed by atoms with van der Waals surface area (Å²) in [7, 11) is 1.49. The summed E-state index contributed by atoms with van der Waals surface area (Å²) in [6, 6.07) is 6.31. The molecular weight excluding hydrogens is 357 g/mol. The van der Waals surface area contributed by atoms with Crippen molar-refractivity contribution in [3.8, 4) is 5.88 Å². The van der Waals surface area contributed by atoms with E-state index in [1.807, 2.05) is 0 Å². The molecule has 1 N–H and O–H groups in total. The second-order valence-electron chi connectivity index (χ2n) is 4.99. The number of rotatable bonds is 5. The van der Waals surface area contributed by atoms with Crippen LogP contribution in [0.4, 0.5) is 13.2 Å². The van der Waals surface area contributed by atoms with Crippen molar-refractivity contribution in [3.05, 3.63) is 64.3 Å². The Kier molecular flexibility index (Phi) is 6.03. The molecule has 0 atom stereocenters. The van der Waals surface area contributed by atoms with Gasteiger partial charge in [0, 0.05) is 29.9 Å². The summed E-state index contributed by atoms with van der Waals surface area (Å²) in [6.45, 7) is 0.219. The van der Waals surface area contributed by atoms with Gasteiger partial charge >= 0.3 is 6.18 Å². The normalized spacial score (nSPS) is 11.6. The minimum atomic E-state index is -4.48. The first kappa shape index (κ1) is 18.8. The molecule has 0 radical (unpaired) electrons. The van der Waals surface area contributed by atoms with E-state index in [4.69, 9.17) is 16.3 Å². The lowest BCUT2D eigenvalue weighted by Gasteiger charge is -2.08. The fourth-order valence-electron chi connectivity index (χ4n) is 1.90. The van der Waals surface area contributed by atoms with Crippen molar-refractivity contribution in [1.29, 1.82) is 0 Å². The van der Waals surface area contributed by atoms with Gasteiger partial charge in [0.1, 0.15) is 0 Å². The molecule has 0 aliphatic carbocycles. The monoisotopic (exact) mass is 370 g/mol. The topological polar surface area (TPSA) is 51.2 Å². The molecule has 0 saturated carbocycles. The average molecular weight is 371 g/mol. The third-order valence-electron chi connectivity index (χ3n) is 3.21. The number of amides is 1. The predicted molar refractivity (Wildman–Crippen MR) is 88.1 cm³/mol. The molecule has 0 saturated heterocycles. The molecule has 2 rings (SSSR count). The molecule has 4 nitrogen and oxygen atoms in total. The predicted octanol–water partition coefficient (Wildman–Crippen LogP) is 4.09. The van der Waals surface area contributed by atoms with E-state index in [1.165, 1.54) is 13.2 Å². The Morgan fingerprint density at radius 2 is 2.08 bits per heavy atom. The average Bonchev–Trinajstić information content (AvgIpc) is 2.58. The summed E-state index contributed by atoms with van der Waals surface area (Å²) < 4.78 is 43.0. The molecule has 132 valence electrons. The summed E-state index contributed by atoms with van der Waals surface area (Å²) in [5, 5.41) is 2.72. The lowest BCUT2D eigenvalue weighted by atomic mass is 10.1. The Bertz CT molecular complexity index is 774. The van der Waals surface area contributed by atoms with Crippen LogP contribution >= 0.6 is 11.6 Å². The first-order valence-electron chi connectivity index (χ1n) is 7.11. The smallest absolute Gasteiger partial charge is 0.416 e. The van der Waals surface area contributed by atoms with Gasteiger partial charge in [0.05, 0.1) is 12.7 Å². The Hall–Kier alpha value is -2.54. The quantitative estimate of drug-likeness (QED) is 0.806. The van der Waals surface area contributed by atoms with Crippen LogP contribution in [0.25, 0.3) is 6.08 Å². The summed E-state index contributed by atoms with van der Waals surface area (Å²) in [5.74, 6) is -0.0153. The lowest BCUT2D eigenvalue weighted by Crippen LogP contribution is -2.20. The minimum absolute atomic E-state index is 0.109. The maximum absolute atomic E-state index is 12.7. The third-order valence-corrected chi connectivity index (χ3v) is 3.56. The van der Waals surface area contributed by atoms with Gasteiger partial charge in [-0.3, -0.25) is 4.79 Å². The number of nitrogens with zero attached hydrogens (tertiary/aromatic N) is 1. The Labute approximate surface area is 147 Å². The summed E-state index contributed by atoms with van der Waals surface area (Å²) >= 11 is 5.86. The highest BCUT2D eigenvalue weighted by atomic mass is 35.5. The molecule has 25 heavy (non-hydrogen) atoms. The summed E-state index contributed by atoms with van der Waals surface area (Å²) in [4.78, 5) is 15.8. The Morgan fingerprint density at radius 3 is 2.68 bits per heavy atom. The molecule has 1 amide bonds. The van der Waals surface area contributed by atoms with E-state index in [2.05, 4.69) is 10.3 Å². The van der Waals surface area contributed by atoms with Gasteiger partial charge in [-0.1, -0.05) is 17.7 Å². The lowest BCUT2D eigenvalue weighted by molar-refractivity contribution is -0.137. The minimum Gasteiger partial charge on any atom is -0.481 e. The van der Waals surface area contributed by atoms with E-state index in [1.54, 1.807) is 18.3 Å². The number of carbonyl (C=O) groups is 1. The number of ether oxygens (including phenoxy) is 1. The fourth-order valence-corrected chi connectivity index (χ4v) is 2.08. The van der Waals surface area contributed by atoms with Gasteiger partial charge in [-0.15, -0.1) is 0 Å². The van der Waals surface area contributed by atoms with Crippen LogP contribution in [0.2, 0.25) is 5.02 Å². The van der Waals surface area contributed by atoms with Crippen molar-refractivity contribution in [2.24, 2.45) is 0 Å². The number of methoxy groups -OCH3 is 1. The number of carbonyl (C=O) groups excluding carboxylic acids is 1. The van der Waals surface area contributed by atoms with Gasteiger partial charge in [0.2, 0.25) is 11.8 Å². The number of aromatic nitrogens is 1. The molecule has 1 aromatic carbocycles. The van der Waals surface area contributed by atoms with E-state index in [9.17, 15) is 18.0 Å². The molecule has 1 heterocycles. The number of halogens is 4. The molecule has 0 aliphatic heterocycles. The molecular formula is C17H14ClF3N2O2. The Morgan fingerprint density at radius 1 is 1.32 bits per heavy atom. The van der Waals surface area contributed by atoms with Gasteiger partial charge in [-0.05, 0) is 35.4 Å². The molecule has 0 fully saturated rings. The van der Waals surface area contributed by atoms with Crippen LogP contribution in [-0.2, 0) is 17.5 Å². The first-order chi connectivity index (χ1) is 11.8. The molecule has 8 heteroatoms. The highest BCUT2D eigenvalue weighted by Gasteiger charge is 2.30. The van der Waals surface area contributed by atoms with Crippen LogP contribution in [0.15, 0.2) is 42.6 Å². The van der Waals surface area contributed by atoms with Crippen molar-refractivity contribution < 1.29 is 22.7 Å². The molecule has 0 spiro atoms. The van der Waals surface area contributed by atoms with Crippen molar-refractivity contribution >= 4 is 23.6 Å². The van der Waals surface area contributed by atoms with Crippen LogP contribution in [-0.4, -0.2) is 18.0 Å². The van der Waals surface area contributed by atoms with E-state index in [-0.39, 0.29) is 17.1 Å². The van der Waals surface area contributed by atoms with Gasteiger partial charge in [0.25, 0.3) is 0 Å². The van der Waals surface area contributed by atoms with E-state index >= 15 is 0 Å². The summed E-state index contributed by atoms with van der Waals surface area (Å²) in [5.41, 5.74) is 0.0265. The van der Waals surface area contributed by atoms with Gasteiger partial charge < -0.3 is 10.1 Å². The molecule has 0 aliphatic rings. The number of benzene rings is 1. The second kappa shape index (κ2) is 8.02. The maximum atomic E-state index is 12.7. The zero-order valence-electron chi connectivity index (χ0n) is 13.1. The molecule has 0 unspecified atom stereocenters.